The number of nitrogens with zero attached hydrogens (tertiary/aromatic N) is 3. The summed E-state index contributed by atoms with van der Waals surface area (Å²) >= 11 is 0. The predicted octanol–water partition coefficient (Wildman–Crippen LogP) is 3.71. The Labute approximate surface area is 255 Å². The fraction of sp³-hybridized carbons (Fsp3) is 1.00. The van der Waals surface area contributed by atoms with Crippen molar-refractivity contribution in [2.75, 3.05) is 69.7 Å². The lowest BCUT2D eigenvalue weighted by Gasteiger charge is -2.29. The molecule has 0 aliphatic carbocycles. The molecule has 0 N–H and O–H groups in total. The van der Waals surface area contributed by atoms with Gasteiger partial charge in [0, 0.05) is 63.5 Å². The Kier molecular flexibility index (Phi) is 15.4. The van der Waals surface area contributed by atoms with E-state index in [1.54, 1.807) is 0 Å². The highest BCUT2D eigenvalue weighted by molar-refractivity contribution is 7.89. The van der Waals surface area contributed by atoms with Crippen molar-refractivity contribution >= 4 is 54.3 Å². The Bertz CT molecular complexity index is 1050. The van der Waals surface area contributed by atoms with Gasteiger partial charge in [-0.15, -0.1) is 0 Å². The van der Waals surface area contributed by atoms with Crippen LogP contribution in [0.2, 0.25) is 77.1 Å². The van der Waals surface area contributed by atoms with Crippen LogP contribution in [0.5, 0.6) is 0 Å². The standard InChI is InChI=1S/C25H59N3O7S3Si3/c1-39(2,3)23-20-36(29,30)26-12-10-14-27(37(31,32)21-24-40(4,5)6)16-18-35-19-17-28(15-11-13-26)38(33,34)22-25-41(7,8)9/h10-25H2,1-9H3. The van der Waals surface area contributed by atoms with Gasteiger partial charge in [0.05, 0.1) is 30.5 Å². The molecule has 1 aliphatic heterocycles. The zero-order valence-electron chi connectivity index (χ0n) is 27.2. The average molecular weight is 694 g/mol. The van der Waals surface area contributed by atoms with Gasteiger partial charge >= 0.3 is 0 Å². The van der Waals surface area contributed by atoms with Gasteiger partial charge in [0.25, 0.3) is 0 Å². The van der Waals surface area contributed by atoms with E-state index in [1.165, 1.54) is 12.9 Å². The summed E-state index contributed by atoms with van der Waals surface area (Å²) in [6, 6.07) is 1.93. The van der Waals surface area contributed by atoms with E-state index in [2.05, 4.69) is 58.9 Å². The maximum atomic E-state index is 13.4. The summed E-state index contributed by atoms with van der Waals surface area (Å²) in [5, 5.41) is 0. The van der Waals surface area contributed by atoms with E-state index in [-0.39, 0.29) is 69.7 Å². The Hall–Kier alpha value is 0.341. The first-order chi connectivity index (χ1) is 18.4. The Morgan fingerprint density at radius 2 is 0.707 bits per heavy atom. The summed E-state index contributed by atoms with van der Waals surface area (Å²) < 4.78 is 90.1. The van der Waals surface area contributed by atoms with E-state index in [0.29, 0.717) is 31.0 Å². The van der Waals surface area contributed by atoms with Crippen molar-refractivity contribution in [3.05, 3.63) is 0 Å². The van der Waals surface area contributed by atoms with Gasteiger partial charge in [-0.1, -0.05) is 58.9 Å². The van der Waals surface area contributed by atoms with Crippen LogP contribution in [0.4, 0.5) is 0 Å². The van der Waals surface area contributed by atoms with Crippen molar-refractivity contribution in [3.63, 3.8) is 0 Å². The normalized spacial score (nSPS) is 20.1. The molecular formula is C25H59N3O7S3Si3. The van der Waals surface area contributed by atoms with Crippen LogP contribution in [0.3, 0.4) is 0 Å². The van der Waals surface area contributed by atoms with Crippen molar-refractivity contribution in [3.8, 4) is 0 Å². The van der Waals surface area contributed by atoms with Gasteiger partial charge in [0.1, 0.15) is 0 Å². The van der Waals surface area contributed by atoms with E-state index >= 15 is 0 Å². The number of hydrogen-bond donors (Lipinski definition) is 0. The van der Waals surface area contributed by atoms with Crippen LogP contribution in [0.15, 0.2) is 0 Å². The number of hydrogen-bond acceptors (Lipinski definition) is 7. The maximum absolute atomic E-state index is 13.4. The maximum Gasteiger partial charge on any atom is 0.213 e. The highest BCUT2D eigenvalue weighted by Gasteiger charge is 2.30. The van der Waals surface area contributed by atoms with Crippen LogP contribution in [-0.4, -0.2) is 132 Å². The van der Waals surface area contributed by atoms with E-state index in [4.69, 9.17) is 4.74 Å². The molecule has 0 aromatic carbocycles. The third-order valence-electron chi connectivity index (χ3n) is 7.11. The second kappa shape index (κ2) is 16.1. The lowest BCUT2D eigenvalue weighted by Crippen LogP contribution is -2.43. The van der Waals surface area contributed by atoms with Crippen LogP contribution < -0.4 is 0 Å². The molecule has 0 atom stereocenters. The molecule has 1 saturated heterocycles. The van der Waals surface area contributed by atoms with Crippen molar-refractivity contribution in [1.82, 2.24) is 12.9 Å². The Balaban J connectivity index is 3.21. The summed E-state index contributed by atoms with van der Waals surface area (Å²) in [7, 11) is -15.4. The van der Waals surface area contributed by atoms with Gasteiger partial charge in [-0.2, -0.15) is 8.61 Å². The molecule has 1 rings (SSSR count). The van der Waals surface area contributed by atoms with E-state index in [9.17, 15) is 25.3 Å². The topological polar surface area (TPSA) is 121 Å². The molecule has 0 spiro atoms. The minimum atomic E-state index is -3.57. The van der Waals surface area contributed by atoms with Crippen molar-refractivity contribution in [2.45, 2.75) is 89.9 Å². The van der Waals surface area contributed by atoms with Gasteiger partial charge in [-0.05, 0) is 31.0 Å². The highest BCUT2D eigenvalue weighted by atomic mass is 32.2. The van der Waals surface area contributed by atoms with E-state index in [1.807, 2.05) is 0 Å². The summed E-state index contributed by atoms with van der Waals surface area (Å²) in [4.78, 5) is 0. The first-order valence-electron chi connectivity index (χ1n) is 14.9. The lowest BCUT2D eigenvalue weighted by atomic mass is 10.3. The average Bonchev–Trinajstić information content (AvgIpc) is 2.80. The molecule has 0 aromatic heterocycles. The molecule has 0 aromatic rings. The summed E-state index contributed by atoms with van der Waals surface area (Å²) in [6.07, 6.45) is 0.743. The third kappa shape index (κ3) is 16.8. The van der Waals surface area contributed by atoms with Crippen molar-refractivity contribution in [1.29, 1.82) is 0 Å². The molecule has 0 radical (unpaired) electrons. The van der Waals surface area contributed by atoms with Crippen LogP contribution in [-0.2, 0) is 34.8 Å². The largest absolute Gasteiger partial charge is 0.379 e. The molecule has 1 aliphatic rings. The summed E-state index contributed by atoms with van der Waals surface area (Å²) in [5.74, 6) is 0.209. The van der Waals surface area contributed by atoms with Crippen LogP contribution in [0.25, 0.3) is 0 Å². The quantitative estimate of drug-likeness (QED) is 0.286. The third-order valence-corrected chi connectivity index (χ3v) is 19.1. The minimum Gasteiger partial charge on any atom is -0.379 e. The van der Waals surface area contributed by atoms with Crippen LogP contribution in [0, 0.1) is 0 Å². The molecule has 0 amide bonds. The molecule has 0 saturated carbocycles. The minimum absolute atomic E-state index is 0.0625. The first-order valence-corrected chi connectivity index (χ1v) is 30.9. The fourth-order valence-corrected chi connectivity index (χ4v) is 17.7. The lowest BCUT2D eigenvalue weighted by molar-refractivity contribution is 0.111. The van der Waals surface area contributed by atoms with Gasteiger partial charge in [-0.3, -0.25) is 0 Å². The van der Waals surface area contributed by atoms with Crippen LogP contribution in [0.1, 0.15) is 12.8 Å². The SMILES string of the molecule is C[Si](C)(C)CCS(=O)(=O)N1CCCN(S(=O)(=O)CC[Si](C)(C)C)CCOCCN(S(=O)(=O)CC[Si](C)(C)C)CCC1. The van der Waals surface area contributed by atoms with Crippen LogP contribution >= 0.6 is 0 Å². The number of sulfonamides is 3. The Morgan fingerprint density at radius 1 is 0.463 bits per heavy atom. The van der Waals surface area contributed by atoms with Gasteiger partial charge < -0.3 is 4.74 Å². The molecule has 0 bridgehead atoms. The first kappa shape index (κ1) is 39.4. The van der Waals surface area contributed by atoms with Gasteiger partial charge in [0.2, 0.25) is 30.1 Å². The number of rotatable bonds is 12. The zero-order chi connectivity index (χ0) is 31.8. The van der Waals surface area contributed by atoms with E-state index in [0.717, 1.165) is 0 Å². The fourth-order valence-electron chi connectivity index (χ4n) is 4.14. The summed E-state index contributed by atoms with van der Waals surface area (Å²) in [6.45, 7) is 20.8. The molecule has 0 unspecified atom stereocenters. The molecule has 10 nitrogen and oxygen atoms in total. The van der Waals surface area contributed by atoms with Gasteiger partial charge in [0.15, 0.2) is 0 Å². The number of ether oxygens (including phenoxy) is 1. The van der Waals surface area contributed by atoms with E-state index < -0.39 is 54.3 Å². The smallest absolute Gasteiger partial charge is 0.213 e. The predicted molar refractivity (Wildman–Crippen MR) is 181 cm³/mol. The van der Waals surface area contributed by atoms with Crippen molar-refractivity contribution < 1.29 is 30.0 Å². The molecule has 41 heavy (non-hydrogen) atoms. The molecule has 16 heteroatoms. The second-order valence-electron chi connectivity index (χ2n) is 14.9. The molecule has 1 fully saturated rings. The highest BCUT2D eigenvalue weighted by Crippen LogP contribution is 2.18. The second-order valence-corrected chi connectivity index (χ2v) is 38.0. The molecule has 1 heterocycles. The summed E-state index contributed by atoms with van der Waals surface area (Å²) in [5.41, 5.74) is 0. The molecule has 246 valence electrons. The monoisotopic (exact) mass is 693 g/mol. The van der Waals surface area contributed by atoms with Crippen molar-refractivity contribution in [2.24, 2.45) is 0 Å². The Morgan fingerprint density at radius 3 is 0.951 bits per heavy atom. The zero-order valence-corrected chi connectivity index (χ0v) is 32.7. The van der Waals surface area contributed by atoms with Gasteiger partial charge in [-0.25, -0.2) is 29.6 Å². The molecular weight excluding hydrogens is 635 g/mol.